The lowest BCUT2D eigenvalue weighted by Gasteiger charge is -2.26. The first kappa shape index (κ1) is 18.1. The van der Waals surface area contributed by atoms with E-state index in [0.717, 1.165) is 11.2 Å². The summed E-state index contributed by atoms with van der Waals surface area (Å²) in [6, 6.07) is 4.05. The van der Waals surface area contributed by atoms with Gasteiger partial charge in [0.05, 0.1) is 25.5 Å². The third kappa shape index (κ3) is 4.80. The molecule has 22 heavy (non-hydrogen) atoms. The van der Waals surface area contributed by atoms with Crippen LogP contribution in [0.1, 0.15) is 18.5 Å². The SMILES string of the molecule is CCOc1cc([C@@H](CS(C)(=O)=O)N(C)C(=O)O)ccc1OC. The molecule has 0 fully saturated rings. The number of hydrogen-bond donors (Lipinski definition) is 1. The van der Waals surface area contributed by atoms with E-state index >= 15 is 0 Å². The fourth-order valence-electron chi connectivity index (χ4n) is 2.02. The minimum Gasteiger partial charge on any atom is -0.493 e. The number of nitrogens with zero attached hydrogens (tertiary/aromatic N) is 1. The van der Waals surface area contributed by atoms with Crippen molar-refractivity contribution in [2.24, 2.45) is 0 Å². The molecule has 0 bridgehead atoms. The van der Waals surface area contributed by atoms with Gasteiger partial charge in [-0.2, -0.15) is 0 Å². The van der Waals surface area contributed by atoms with Crippen LogP contribution in [-0.4, -0.2) is 57.3 Å². The molecule has 0 radical (unpaired) electrons. The molecule has 1 aromatic carbocycles. The van der Waals surface area contributed by atoms with Gasteiger partial charge in [-0.15, -0.1) is 0 Å². The van der Waals surface area contributed by atoms with Crippen molar-refractivity contribution in [3.63, 3.8) is 0 Å². The highest BCUT2D eigenvalue weighted by Gasteiger charge is 2.26. The van der Waals surface area contributed by atoms with Gasteiger partial charge in [-0.1, -0.05) is 6.07 Å². The lowest BCUT2D eigenvalue weighted by Crippen LogP contribution is -2.34. The summed E-state index contributed by atoms with van der Waals surface area (Å²) in [7, 11) is -0.537. The van der Waals surface area contributed by atoms with Crippen LogP contribution in [0.25, 0.3) is 0 Å². The Kier molecular flexibility index (Phi) is 6.04. The Bertz CT molecular complexity index is 628. The fourth-order valence-corrected chi connectivity index (χ4v) is 3.01. The summed E-state index contributed by atoms with van der Waals surface area (Å²) in [4.78, 5) is 12.2. The van der Waals surface area contributed by atoms with Crippen molar-refractivity contribution in [3.05, 3.63) is 23.8 Å². The zero-order valence-corrected chi connectivity index (χ0v) is 13.9. The first-order chi connectivity index (χ1) is 10.2. The van der Waals surface area contributed by atoms with E-state index < -0.39 is 22.0 Å². The zero-order chi connectivity index (χ0) is 16.9. The van der Waals surface area contributed by atoms with Crippen LogP contribution in [0.3, 0.4) is 0 Å². The van der Waals surface area contributed by atoms with Crippen molar-refractivity contribution < 1.29 is 27.8 Å². The minimum absolute atomic E-state index is 0.312. The molecule has 0 aliphatic rings. The molecule has 0 spiro atoms. The van der Waals surface area contributed by atoms with Crippen LogP contribution < -0.4 is 9.47 Å². The number of ether oxygens (including phenoxy) is 2. The van der Waals surface area contributed by atoms with E-state index in [4.69, 9.17) is 14.6 Å². The monoisotopic (exact) mass is 331 g/mol. The molecule has 1 aromatic rings. The van der Waals surface area contributed by atoms with Gasteiger partial charge in [-0.3, -0.25) is 0 Å². The Morgan fingerprint density at radius 1 is 1.36 bits per heavy atom. The highest BCUT2D eigenvalue weighted by molar-refractivity contribution is 7.90. The molecule has 0 aromatic heterocycles. The van der Waals surface area contributed by atoms with Crippen molar-refractivity contribution in [3.8, 4) is 11.5 Å². The standard InChI is InChI=1S/C14H21NO6S/c1-5-21-13-8-10(6-7-12(13)20-3)11(9-22(4,18)19)15(2)14(16)17/h6-8,11H,5,9H2,1-4H3,(H,16,17)/t11-/m1/s1. The molecular formula is C14H21NO6S. The van der Waals surface area contributed by atoms with E-state index in [1.807, 2.05) is 6.92 Å². The minimum atomic E-state index is -3.37. The van der Waals surface area contributed by atoms with Crippen LogP contribution in [0.4, 0.5) is 4.79 Å². The van der Waals surface area contributed by atoms with Gasteiger partial charge in [0.1, 0.15) is 9.84 Å². The van der Waals surface area contributed by atoms with Gasteiger partial charge in [0.2, 0.25) is 0 Å². The van der Waals surface area contributed by atoms with Crippen LogP contribution in [0.15, 0.2) is 18.2 Å². The number of sulfone groups is 1. The molecule has 1 N–H and O–H groups in total. The van der Waals surface area contributed by atoms with E-state index in [2.05, 4.69) is 0 Å². The van der Waals surface area contributed by atoms with Crippen molar-refractivity contribution >= 4 is 15.9 Å². The summed E-state index contributed by atoms with van der Waals surface area (Å²) < 4.78 is 33.8. The van der Waals surface area contributed by atoms with E-state index in [1.54, 1.807) is 18.2 Å². The smallest absolute Gasteiger partial charge is 0.407 e. The Labute approximate surface area is 130 Å². The average molecular weight is 331 g/mol. The number of hydrogen-bond acceptors (Lipinski definition) is 5. The highest BCUT2D eigenvalue weighted by atomic mass is 32.2. The molecule has 0 aliphatic heterocycles. The number of rotatable bonds is 7. The predicted octanol–water partition coefficient (Wildman–Crippen LogP) is 1.79. The normalized spacial score (nSPS) is 12.5. The van der Waals surface area contributed by atoms with Gasteiger partial charge in [-0.25, -0.2) is 13.2 Å². The summed E-state index contributed by atoms with van der Waals surface area (Å²) in [5, 5.41) is 9.16. The van der Waals surface area contributed by atoms with Crippen LogP contribution in [-0.2, 0) is 9.84 Å². The summed E-state index contributed by atoms with van der Waals surface area (Å²) in [5.41, 5.74) is 0.527. The van der Waals surface area contributed by atoms with Crippen molar-refractivity contribution in [1.29, 1.82) is 0 Å². The maximum Gasteiger partial charge on any atom is 0.407 e. The summed E-state index contributed by atoms with van der Waals surface area (Å²) in [5.74, 6) is 0.634. The maximum absolute atomic E-state index is 11.6. The van der Waals surface area contributed by atoms with E-state index in [0.29, 0.717) is 23.7 Å². The summed E-state index contributed by atoms with van der Waals surface area (Å²) in [6.45, 7) is 2.22. The van der Waals surface area contributed by atoms with E-state index in [9.17, 15) is 13.2 Å². The molecule has 124 valence electrons. The number of carbonyl (C=O) groups is 1. The maximum atomic E-state index is 11.6. The first-order valence-corrected chi connectivity index (χ1v) is 8.69. The summed E-state index contributed by atoms with van der Waals surface area (Å²) in [6.07, 6.45) is -0.134. The Hall–Kier alpha value is -1.96. The predicted molar refractivity (Wildman–Crippen MR) is 82.4 cm³/mol. The molecule has 0 saturated carbocycles. The highest BCUT2D eigenvalue weighted by Crippen LogP contribution is 2.32. The topological polar surface area (TPSA) is 93.1 Å². The lowest BCUT2D eigenvalue weighted by atomic mass is 10.1. The second-order valence-corrected chi connectivity index (χ2v) is 7.03. The van der Waals surface area contributed by atoms with Gasteiger partial charge in [0, 0.05) is 13.3 Å². The third-order valence-corrected chi connectivity index (χ3v) is 4.02. The van der Waals surface area contributed by atoms with Gasteiger partial charge in [-0.05, 0) is 24.6 Å². The molecule has 8 heteroatoms. The molecule has 0 saturated heterocycles. The number of carboxylic acid groups (broad SMARTS) is 1. The fraction of sp³-hybridized carbons (Fsp3) is 0.500. The second-order valence-electron chi connectivity index (χ2n) is 4.85. The van der Waals surface area contributed by atoms with Gasteiger partial charge >= 0.3 is 6.09 Å². The molecule has 1 rings (SSSR count). The van der Waals surface area contributed by atoms with E-state index in [-0.39, 0.29) is 5.75 Å². The number of amides is 1. The van der Waals surface area contributed by atoms with Crippen LogP contribution >= 0.6 is 0 Å². The van der Waals surface area contributed by atoms with Crippen molar-refractivity contribution in [1.82, 2.24) is 4.90 Å². The Balaban J connectivity index is 3.29. The van der Waals surface area contributed by atoms with Crippen LogP contribution in [0.2, 0.25) is 0 Å². The average Bonchev–Trinajstić information content (AvgIpc) is 2.43. The van der Waals surface area contributed by atoms with Gasteiger partial charge in [0.25, 0.3) is 0 Å². The quantitative estimate of drug-likeness (QED) is 0.819. The Morgan fingerprint density at radius 3 is 2.45 bits per heavy atom. The van der Waals surface area contributed by atoms with E-state index in [1.165, 1.54) is 14.2 Å². The van der Waals surface area contributed by atoms with Crippen molar-refractivity contribution in [2.75, 3.05) is 32.8 Å². The molecule has 1 atom stereocenters. The lowest BCUT2D eigenvalue weighted by molar-refractivity contribution is 0.142. The van der Waals surface area contributed by atoms with Crippen LogP contribution in [0.5, 0.6) is 11.5 Å². The number of methoxy groups -OCH3 is 1. The molecule has 0 heterocycles. The van der Waals surface area contributed by atoms with Crippen molar-refractivity contribution in [2.45, 2.75) is 13.0 Å². The largest absolute Gasteiger partial charge is 0.493 e. The Morgan fingerprint density at radius 2 is 2.00 bits per heavy atom. The number of benzene rings is 1. The summed E-state index contributed by atoms with van der Waals surface area (Å²) >= 11 is 0. The first-order valence-electron chi connectivity index (χ1n) is 6.63. The molecule has 1 amide bonds. The molecule has 0 unspecified atom stereocenters. The molecule has 7 nitrogen and oxygen atoms in total. The van der Waals surface area contributed by atoms with Crippen LogP contribution in [0, 0.1) is 0 Å². The molecule has 0 aliphatic carbocycles. The second kappa shape index (κ2) is 7.35. The third-order valence-electron chi connectivity index (χ3n) is 3.10. The zero-order valence-electron chi connectivity index (χ0n) is 13.1. The van der Waals surface area contributed by atoms with Gasteiger partial charge < -0.3 is 19.5 Å². The van der Waals surface area contributed by atoms with Gasteiger partial charge in [0.15, 0.2) is 11.5 Å². The molecular weight excluding hydrogens is 310 g/mol.